The van der Waals surface area contributed by atoms with E-state index in [4.69, 9.17) is 14.0 Å². The molecule has 1 aliphatic rings. The van der Waals surface area contributed by atoms with Gasteiger partial charge in [-0.15, -0.1) is 0 Å². The van der Waals surface area contributed by atoms with Gasteiger partial charge in [0.25, 0.3) is 0 Å². The topological polar surface area (TPSA) is 69.4 Å². The van der Waals surface area contributed by atoms with Gasteiger partial charge in [-0.2, -0.15) is 4.98 Å². The normalized spacial score (nSPS) is 15.9. The van der Waals surface area contributed by atoms with Crippen molar-refractivity contribution in [3.63, 3.8) is 0 Å². The second-order valence-electron chi connectivity index (χ2n) is 5.02. The number of nitrogens with one attached hydrogen (secondary N) is 1. The molecule has 0 spiro atoms. The van der Waals surface area contributed by atoms with Crippen molar-refractivity contribution in [3.8, 4) is 22.9 Å². The lowest BCUT2D eigenvalue weighted by Crippen LogP contribution is -2.26. The number of rotatable bonds is 4. The van der Waals surface area contributed by atoms with Crippen LogP contribution in [0.2, 0.25) is 0 Å². The molecule has 0 amide bonds. The van der Waals surface area contributed by atoms with Gasteiger partial charge in [0.1, 0.15) is 0 Å². The molecule has 3 rings (SSSR count). The van der Waals surface area contributed by atoms with Crippen LogP contribution in [0.4, 0.5) is 0 Å². The molecule has 6 heteroatoms. The van der Waals surface area contributed by atoms with Crippen LogP contribution in [-0.4, -0.2) is 37.4 Å². The largest absolute Gasteiger partial charge is 0.493 e. The zero-order valence-electron chi connectivity index (χ0n) is 12.3. The summed E-state index contributed by atoms with van der Waals surface area (Å²) in [7, 11) is 3.22. The predicted molar refractivity (Wildman–Crippen MR) is 77.7 cm³/mol. The zero-order chi connectivity index (χ0) is 14.7. The Bertz CT molecular complexity index is 606. The first kappa shape index (κ1) is 13.9. The molecule has 21 heavy (non-hydrogen) atoms. The van der Waals surface area contributed by atoms with Crippen molar-refractivity contribution < 1.29 is 14.0 Å². The summed E-state index contributed by atoms with van der Waals surface area (Å²) in [4.78, 5) is 4.55. The lowest BCUT2D eigenvalue weighted by Gasteiger charge is -2.18. The molecule has 0 aliphatic carbocycles. The summed E-state index contributed by atoms with van der Waals surface area (Å²) in [6, 6.07) is 5.63. The monoisotopic (exact) mass is 289 g/mol. The standard InChI is InChI=1S/C15H19N3O3/c1-19-12-5-3-4-11(13(12)20-2)14-17-15(21-18-14)10-6-8-16-9-7-10/h3-5,10,16H,6-9H2,1-2H3. The molecule has 1 N–H and O–H groups in total. The average Bonchev–Trinajstić information content (AvgIpc) is 3.04. The number of aromatic nitrogens is 2. The summed E-state index contributed by atoms with van der Waals surface area (Å²) >= 11 is 0. The predicted octanol–water partition coefficient (Wildman–Crippen LogP) is 2.22. The molecule has 2 aromatic rings. The van der Waals surface area contributed by atoms with Crippen LogP contribution in [0.1, 0.15) is 24.7 Å². The van der Waals surface area contributed by atoms with Crippen molar-refractivity contribution in [3.05, 3.63) is 24.1 Å². The van der Waals surface area contributed by atoms with E-state index in [0.29, 0.717) is 29.1 Å². The van der Waals surface area contributed by atoms with E-state index < -0.39 is 0 Å². The number of piperidine rings is 1. The number of benzene rings is 1. The molecule has 1 aliphatic heterocycles. The molecule has 1 saturated heterocycles. The number of hydrogen-bond acceptors (Lipinski definition) is 6. The highest BCUT2D eigenvalue weighted by Crippen LogP contribution is 2.37. The molecule has 112 valence electrons. The molecule has 0 saturated carbocycles. The third-order valence-electron chi connectivity index (χ3n) is 3.77. The van der Waals surface area contributed by atoms with Gasteiger partial charge < -0.3 is 19.3 Å². The molecule has 0 atom stereocenters. The van der Waals surface area contributed by atoms with E-state index in [-0.39, 0.29) is 0 Å². The van der Waals surface area contributed by atoms with Crippen LogP contribution in [0.5, 0.6) is 11.5 Å². The van der Waals surface area contributed by atoms with Gasteiger partial charge in [0.05, 0.1) is 19.8 Å². The highest BCUT2D eigenvalue weighted by atomic mass is 16.5. The Morgan fingerprint density at radius 1 is 1.19 bits per heavy atom. The van der Waals surface area contributed by atoms with Crippen molar-refractivity contribution >= 4 is 0 Å². The van der Waals surface area contributed by atoms with E-state index in [1.165, 1.54) is 0 Å². The second-order valence-corrected chi connectivity index (χ2v) is 5.02. The van der Waals surface area contributed by atoms with Gasteiger partial charge in [0.15, 0.2) is 11.5 Å². The van der Waals surface area contributed by atoms with Crippen molar-refractivity contribution in [1.29, 1.82) is 0 Å². The minimum Gasteiger partial charge on any atom is -0.493 e. The third-order valence-corrected chi connectivity index (χ3v) is 3.77. The van der Waals surface area contributed by atoms with E-state index in [9.17, 15) is 0 Å². The Balaban J connectivity index is 1.92. The van der Waals surface area contributed by atoms with E-state index in [1.807, 2.05) is 18.2 Å². The summed E-state index contributed by atoms with van der Waals surface area (Å²) in [5.74, 6) is 2.86. The highest BCUT2D eigenvalue weighted by molar-refractivity contribution is 5.68. The van der Waals surface area contributed by atoms with Crippen molar-refractivity contribution in [1.82, 2.24) is 15.5 Å². The number of para-hydroxylation sites is 1. The lowest BCUT2D eigenvalue weighted by atomic mass is 9.98. The van der Waals surface area contributed by atoms with Crippen LogP contribution in [0.15, 0.2) is 22.7 Å². The fourth-order valence-electron chi connectivity index (χ4n) is 2.64. The summed E-state index contributed by atoms with van der Waals surface area (Å²) in [5, 5.41) is 7.43. The quantitative estimate of drug-likeness (QED) is 0.930. The Kier molecular flexibility index (Phi) is 4.06. The van der Waals surface area contributed by atoms with Gasteiger partial charge in [0.2, 0.25) is 11.7 Å². The van der Waals surface area contributed by atoms with Crippen LogP contribution in [0, 0.1) is 0 Å². The fourth-order valence-corrected chi connectivity index (χ4v) is 2.64. The molecular weight excluding hydrogens is 270 g/mol. The summed E-state index contributed by atoms with van der Waals surface area (Å²) in [5.41, 5.74) is 0.779. The van der Waals surface area contributed by atoms with E-state index in [1.54, 1.807) is 14.2 Å². The molecule has 6 nitrogen and oxygen atoms in total. The first-order valence-corrected chi connectivity index (χ1v) is 7.09. The summed E-state index contributed by atoms with van der Waals surface area (Å²) < 4.78 is 16.2. The first-order chi connectivity index (χ1) is 10.3. The minimum atomic E-state index is 0.337. The maximum Gasteiger partial charge on any atom is 0.230 e. The molecule has 0 unspecified atom stereocenters. The van der Waals surface area contributed by atoms with Gasteiger partial charge in [0, 0.05) is 5.92 Å². The Labute approximate surface area is 123 Å². The Hall–Kier alpha value is -2.08. The zero-order valence-corrected chi connectivity index (χ0v) is 12.3. The van der Waals surface area contributed by atoms with Crippen LogP contribution in [0.3, 0.4) is 0 Å². The van der Waals surface area contributed by atoms with Gasteiger partial charge in [-0.3, -0.25) is 0 Å². The summed E-state index contributed by atoms with van der Waals surface area (Å²) in [6.45, 7) is 1.98. The number of nitrogens with zero attached hydrogens (tertiary/aromatic N) is 2. The Morgan fingerprint density at radius 2 is 2.00 bits per heavy atom. The van der Waals surface area contributed by atoms with Gasteiger partial charge in [-0.25, -0.2) is 0 Å². The van der Waals surface area contributed by atoms with Crippen LogP contribution < -0.4 is 14.8 Å². The molecular formula is C15H19N3O3. The highest BCUT2D eigenvalue weighted by Gasteiger charge is 2.23. The lowest BCUT2D eigenvalue weighted by molar-refractivity contribution is 0.320. The first-order valence-electron chi connectivity index (χ1n) is 7.09. The van der Waals surface area contributed by atoms with Crippen LogP contribution in [0.25, 0.3) is 11.4 Å². The summed E-state index contributed by atoms with van der Waals surface area (Å²) in [6.07, 6.45) is 2.05. The van der Waals surface area contributed by atoms with Gasteiger partial charge in [-0.05, 0) is 38.1 Å². The van der Waals surface area contributed by atoms with Crippen molar-refractivity contribution in [2.45, 2.75) is 18.8 Å². The number of ether oxygens (including phenoxy) is 2. The molecule has 1 fully saturated rings. The second kappa shape index (κ2) is 6.13. The smallest absolute Gasteiger partial charge is 0.230 e. The molecule has 1 aromatic carbocycles. The van der Waals surface area contributed by atoms with Gasteiger partial charge >= 0.3 is 0 Å². The van der Waals surface area contributed by atoms with Crippen molar-refractivity contribution in [2.24, 2.45) is 0 Å². The molecule has 1 aromatic heterocycles. The van der Waals surface area contributed by atoms with E-state index in [2.05, 4.69) is 15.5 Å². The van der Waals surface area contributed by atoms with Crippen LogP contribution >= 0.6 is 0 Å². The minimum absolute atomic E-state index is 0.337. The molecule has 2 heterocycles. The van der Waals surface area contributed by atoms with Crippen molar-refractivity contribution in [2.75, 3.05) is 27.3 Å². The average molecular weight is 289 g/mol. The van der Waals surface area contributed by atoms with Crippen LogP contribution in [-0.2, 0) is 0 Å². The maximum absolute atomic E-state index is 5.45. The Morgan fingerprint density at radius 3 is 2.71 bits per heavy atom. The third kappa shape index (κ3) is 2.71. The van der Waals surface area contributed by atoms with E-state index >= 15 is 0 Å². The fraction of sp³-hybridized carbons (Fsp3) is 0.467. The number of methoxy groups -OCH3 is 2. The molecule has 0 radical (unpaired) electrons. The van der Waals surface area contributed by atoms with E-state index in [0.717, 1.165) is 31.5 Å². The maximum atomic E-state index is 5.45. The molecule has 0 bridgehead atoms. The SMILES string of the molecule is COc1cccc(-c2noc(C3CCNCC3)n2)c1OC. The number of hydrogen-bond donors (Lipinski definition) is 1. The van der Waals surface area contributed by atoms with Gasteiger partial charge in [-0.1, -0.05) is 11.2 Å².